The van der Waals surface area contributed by atoms with Crippen LogP contribution in [-0.4, -0.2) is 38.3 Å². The van der Waals surface area contributed by atoms with Crippen LogP contribution in [0.5, 0.6) is 0 Å². The average molecular weight is 494 g/mol. The monoisotopic (exact) mass is 493 g/mol. The fourth-order valence-corrected chi connectivity index (χ4v) is 5.10. The standard InChI is InChI=1S/C24H27ClF3N5O/c1-12-18(13(2)30-21(29-12)14-6-7-14)32-10-5-11-33-19-15(20(24(3,4)28)34-22(26)27)8-9-16(25)17(19)31-23(32)33/h8-9,14,20,22H,5-7,10-11H2,1-4H3. The number of halogens is 4. The highest BCUT2D eigenvalue weighted by atomic mass is 35.5. The smallest absolute Gasteiger partial charge is 0.311 e. The van der Waals surface area contributed by atoms with E-state index in [1.165, 1.54) is 13.8 Å². The molecule has 0 amide bonds. The summed E-state index contributed by atoms with van der Waals surface area (Å²) in [6, 6.07) is 3.11. The first kappa shape index (κ1) is 23.4. The van der Waals surface area contributed by atoms with Gasteiger partial charge < -0.3 is 14.2 Å². The van der Waals surface area contributed by atoms with Crippen LogP contribution in [0.15, 0.2) is 12.1 Å². The summed E-state index contributed by atoms with van der Waals surface area (Å²) in [5.74, 6) is 1.93. The number of hydrogen-bond donors (Lipinski definition) is 0. The third kappa shape index (κ3) is 4.02. The van der Waals surface area contributed by atoms with Crippen molar-refractivity contribution in [3.8, 4) is 0 Å². The Morgan fingerprint density at radius 3 is 2.35 bits per heavy atom. The second-order valence-electron chi connectivity index (χ2n) is 9.62. The van der Waals surface area contributed by atoms with Crippen molar-refractivity contribution in [3.63, 3.8) is 0 Å². The average Bonchev–Trinajstić information content (AvgIpc) is 3.52. The van der Waals surface area contributed by atoms with E-state index < -0.39 is 18.4 Å². The van der Waals surface area contributed by atoms with Gasteiger partial charge in [-0.1, -0.05) is 17.7 Å². The van der Waals surface area contributed by atoms with Gasteiger partial charge >= 0.3 is 6.61 Å². The minimum atomic E-state index is -3.13. The highest BCUT2D eigenvalue weighted by molar-refractivity contribution is 6.35. The van der Waals surface area contributed by atoms with Crippen molar-refractivity contribution >= 4 is 34.3 Å². The van der Waals surface area contributed by atoms with E-state index in [1.54, 1.807) is 12.1 Å². The number of fused-ring (bicyclic) bond motifs is 3. The van der Waals surface area contributed by atoms with Gasteiger partial charge in [-0.15, -0.1) is 0 Å². The van der Waals surface area contributed by atoms with Gasteiger partial charge in [0.1, 0.15) is 23.1 Å². The van der Waals surface area contributed by atoms with Crippen LogP contribution in [-0.2, 0) is 11.3 Å². The molecule has 0 bridgehead atoms. The van der Waals surface area contributed by atoms with E-state index in [-0.39, 0.29) is 0 Å². The molecular formula is C24H27ClF3N5O. The molecule has 0 radical (unpaired) electrons. The summed E-state index contributed by atoms with van der Waals surface area (Å²) >= 11 is 6.49. The van der Waals surface area contributed by atoms with Gasteiger partial charge in [-0.3, -0.25) is 0 Å². The molecule has 0 saturated heterocycles. The summed E-state index contributed by atoms with van der Waals surface area (Å²) in [6.07, 6.45) is 1.51. The van der Waals surface area contributed by atoms with E-state index >= 15 is 4.39 Å². The molecule has 1 saturated carbocycles. The van der Waals surface area contributed by atoms with E-state index in [0.717, 1.165) is 42.2 Å². The largest absolute Gasteiger partial charge is 0.346 e. The Bertz CT molecular complexity index is 1230. The van der Waals surface area contributed by atoms with Crippen molar-refractivity contribution in [2.45, 2.75) is 77.8 Å². The lowest BCUT2D eigenvalue weighted by Gasteiger charge is -2.32. The number of ether oxygens (including phenoxy) is 1. The molecule has 1 atom stereocenters. The number of rotatable bonds is 6. The highest BCUT2D eigenvalue weighted by Gasteiger charge is 2.38. The van der Waals surface area contributed by atoms with Crippen LogP contribution in [0.2, 0.25) is 5.02 Å². The van der Waals surface area contributed by atoms with Crippen molar-refractivity contribution in [1.82, 2.24) is 19.5 Å². The molecule has 3 aromatic rings. The summed E-state index contributed by atoms with van der Waals surface area (Å²) in [7, 11) is 0. The first-order valence-corrected chi connectivity index (χ1v) is 11.9. The Kier molecular flexibility index (Phi) is 5.75. The third-order valence-corrected chi connectivity index (χ3v) is 6.77. The van der Waals surface area contributed by atoms with Crippen molar-refractivity contribution in [3.05, 3.63) is 39.9 Å². The number of anilines is 2. The topological polar surface area (TPSA) is 56.1 Å². The van der Waals surface area contributed by atoms with E-state index in [4.69, 9.17) is 31.3 Å². The molecule has 1 aromatic carbocycles. The van der Waals surface area contributed by atoms with Crippen LogP contribution in [0.25, 0.3) is 11.0 Å². The van der Waals surface area contributed by atoms with Crippen LogP contribution in [0.1, 0.15) is 67.9 Å². The molecule has 2 aromatic heterocycles. The van der Waals surface area contributed by atoms with Crippen molar-refractivity contribution in [1.29, 1.82) is 0 Å². The highest BCUT2D eigenvalue weighted by Crippen LogP contribution is 2.44. The summed E-state index contributed by atoms with van der Waals surface area (Å²) < 4.78 is 48.3. The molecule has 10 heteroatoms. The molecule has 1 unspecified atom stereocenters. The number of hydrogen-bond acceptors (Lipinski definition) is 5. The number of alkyl halides is 3. The summed E-state index contributed by atoms with van der Waals surface area (Å²) in [6.45, 7) is 4.54. The number of nitrogens with zero attached hydrogens (tertiary/aromatic N) is 5. The Balaban J connectivity index is 1.68. The fraction of sp³-hybridized carbons (Fsp3) is 0.542. The zero-order valence-corrected chi connectivity index (χ0v) is 20.3. The molecule has 5 rings (SSSR count). The SMILES string of the molecule is Cc1nc(C2CC2)nc(C)c1N1CCCn2c1nc1c(Cl)ccc(C(OC(F)F)C(C)(C)F)c12. The van der Waals surface area contributed by atoms with Gasteiger partial charge in [-0.25, -0.2) is 19.3 Å². The van der Waals surface area contributed by atoms with Gasteiger partial charge in [-0.2, -0.15) is 8.78 Å². The maximum atomic E-state index is 15.1. The zero-order chi connectivity index (χ0) is 24.4. The number of benzene rings is 1. The minimum absolute atomic E-state index is 0.293. The van der Waals surface area contributed by atoms with Gasteiger partial charge in [0.25, 0.3) is 0 Å². The molecule has 1 fully saturated rings. The fourth-order valence-electron chi connectivity index (χ4n) is 4.91. The molecule has 34 heavy (non-hydrogen) atoms. The Morgan fingerprint density at radius 2 is 1.76 bits per heavy atom. The first-order chi connectivity index (χ1) is 16.1. The second kappa shape index (κ2) is 8.37. The van der Waals surface area contributed by atoms with E-state index in [0.29, 0.717) is 46.6 Å². The lowest BCUT2D eigenvalue weighted by molar-refractivity contribution is -0.195. The molecule has 6 nitrogen and oxygen atoms in total. The normalized spacial score (nSPS) is 17.5. The van der Waals surface area contributed by atoms with Crippen molar-refractivity contribution < 1.29 is 17.9 Å². The molecule has 1 aliphatic heterocycles. The Labute approximate surface area is 201 Å². The van der Waals surface area contributed by atoms with Crippen LogP contribution in [0.4, 0.5) is 24.8 Å². The third-order valence-electron chi connectivity index (χ3n) is 6.47. The number of imidazole rings is 1. The first-order valence-electron chi connectivity index (χ1n) is 11.5. The molecule has 1 aliphatic carbocycles. The van der Waals surface area contributed by atoms with Crippen LogP contribution >= 0.6 is 11.6 Å². The molecule has 0 N–H and O–H groups in total. The molecule has 0 spiro atoms. The zero-order valence-electron chi connectivity index (χ0n) is 19.6. The van der Waals surface area contributed by atoms with Crippen LogP contribution in [0, 0.1) is 13.8 Å². The lowest BCUT2D eigenvalue weighted by atomic mass is 9.95. The maximum Gasteiger partial charge on any atom is 0.346 e. The molecular weight excluding hydrogens is 467 g/mol. The molecule has 3 heterocycles. The van der Waals surface area contributed by atoms with Gasteiger partial charge in [0.05, 0.1) is 27.6 Å². The predicted octanol–water partition coefficient (Wildman–Crippen LogP) is 6.54. The number of aromatic nitrogens is 4. The van der Waals surface area contributed by atoms with E-state index in [1.807, 2.05) is 18.4 Å². The number of aryl methyl sites for hydroxylation is 3. The summed E-state index contributed by atoms with van der Waals surface area (Å²) in [5, 5.41) is 0.363. The van der Waals surface area contributed by atoms with Gasteiger partial charge in [0.15, 0.2) is 0 Å². The Morgan fingerprint density at radius 1 is 1.09 bits per heavy atom. The van der Waals surface area contributed by atoms with Gasteiger partial charge in [0.2, 0.25) is 5.95 Å². The quantitative estimate of drug-likeness (QED) is 0.390. The lowest BCUT2D eigenvalue weighted by Crippen LogP contribution is -2.31. The molecule has 182 valence electrons. The predicted molar refractivity (Wildman–Crippen MR) is 125 cm³/mol. The van der Waals surface area contributed by atoms with Gasteiger partial charge in [-0.05, 0) is 53.0 Å². The molecule has 2 aliphatic rings. The van der Waals surface area contributed by atoms with Crippen molar-refractivity contribution in [2.75, 3.05) is 11.4 Å². The van der Waals surface area contributed by atoms with E-state index in [2.05, 4.69) is 4.90 Å². The summed E-state index contributed by atoms with van der Waals surface area (Å²) in [5.41, 5.74) is 1.78. The van der Waals surface area contributed by atoms with Crippen molar-refractivity contribution in [2.24, 2.45) is 0 Å². The van der Waals surface area contributed by atoms with E-state index in [9.17, 15) is 8.78 Å². The summed E-state index contributed by atoms with van der Waals surface area (Å²) in [4.78, 5) is 16.4. The van der Waals surface area contributed by atoms with Crippen LogP contribution in [0.3, 0.4) is 0 Å². The maximum absolute atomic E-state index is 15.1. The van der Waals surface area contributed by atoms with Crippen LogP contribution < -0.4 is 4.90 Å². The minimum Gasteiger partial charge on any atom is -0.311 e. The second-order valence-corrected chi connectivity index (χ2v) is 10.0. The Hall–Kier alpha value is -2.39. The van der Waals surface area contributed by atoms with Gasteiger partial charge in [0, 0.05) is 24.6 Å².